The summed E-state index contributed by atoms with van der Waals surface area (Å²) < 4.78 is 28.0. The Hall–Kier alpha value is -3.65. The standard InChI is InChI=1S/C26H27N3O5/c1-17-5-10-22(25(31)27-17)29-14-21-20(26(29)32)3-2-4-23(21)34-15-19-8-6-18(7-9-19)13-28-11-12-33-16-24(28)30/h2-4,6-9,22H,1,5,10-16H2,(H,27,31)/i6D,13D. The lowest BCUT2D eigenvalue weighted by atomic mass is 10.0. The van der Waals surface area contributed by atoms with Crippen LogP contribution in [0.1, 0.15) is 42.6 Å². The zero-order valence-corrected chi connectivity index (χ0v) is 18.7. The lowest BCUT2D eigenvalue weighted by Gasteiger charge is -2.31. The number of rotatable bonds is 6. The van der Waals surface area contributed by atoms with Gasteiger partial charge in [0.2, 0.25) is 11.8 Å². The molecule has 1 N–H and O–H groups in total. The van der Waals surface area contributed by atoms with Gasteiger partial charge in [0, 0.05) is 29.9 Å². The minimum atomic E-state index is -0.965. The smallest absolute Gasteiger partial charge is 0.255 e. The summed E-state index contributed by atoms with van der Waals surface area (Å²) in [4.78, 5) is 40.5. The van der Waals surface area contributed by atoms with Crippen LogP contribution in [0, 0.1) is 0 Å². The highest BCUT2D eigenvalue weighted by Crippen LogP contribution is 2.34. The molecule has 3 aliphatic rings. The number of amides is 3. The van der Waals surface area contributed by atoms with Crippen LogP contribution < -0.4 is 10.1 Å². The summed E-state index contributed by atoms with van der Waals surface area (Å²) in [7, 11) is 0. The van der Waals surface area contributed by atoms with Crippen LogP contribution in [0.25, 0.3) is 0 Å². The third-order valence-electron chi connectivity index (χ3n) is 6.26. The molecule has 3 aliphatic heterocycles. The van der Waals surface area contributed by atoms with Crippen molar-refractivity contribution < 1.29 is 26.6 Å². The van der Waals surface area contributed by atoms with Crippen molar-refractivity contribution in [1.29, 1.82) is 0 Å². The van der Waals surface area contributed by atoms with Gasteiger partial charge in [-0.1, -0.05) is 36.9 Å². The second-order valence-corrected chi connectivity index (χ2v) is 8.57. The molecule has 0 saturated carbocycles. The Morgan fingerprint density at radius 2 is 2.06 bits per heavy atom. The number of morpholine rings is 1. The molecule has 0 radical (unpaired) electrons. The Labute approximate surface area is 200 Å². The van der Waals surface area contributed by atoms with Crippen LogP contribution in [-0.2, 0) is 34.0 Å². The molecular formula is C26H27N3O5. The summed E-state index contributed by atoms with van der Waals surface area (Å²) in [6.07, 6.45) is 1.16. The van der Waals surface area contributed by atoms with Gasteiger partial charge in [-0.25, -0.2) is 0 Å². The van der Waals surface area contributed by atoms with Gasteiger partial charge in [-0.15, -0.1) is 0 Å². The molecule has 2 unspecified atom stereocenters. The van der Waals surface area contributed by atoms with Crippen LogP contribution in [0.2, 0.25) is 0 Å². The zero-order valence-electron chi connectivity index (χ0n) is 20.7. The van der Waals surface area contributed by atoms with Crippen molar-refractivity contribution >= 4 is 17.7 Å². The molecule has 0 bridgehead atoms. The van der Waals surface area contributed by atoms with Gasteiger partial charge in [0.15, 0.2) is 0 Å². The zero-order chi connectivity index (χ0) is 25.4. The van der Waals surface area contributed by atoms with Gasteiger partial charge in [-0.2, -0.15) is 0 Å². The van der Waals surface area contributed by atoms with Crippen LogP contribution in [0.5, 0.6) is 5.75 Å². The molecule has 0 aromatic heterocycles. The van der Waals surface area contributed by atoms with Gasteiger partial charge in [0.25, 0.3) is 5.91 Å². The number of fused-ring (bicyclic) bond motifs is 1. The molecule has 8 heteroatoms. The van der Waals surface area contributed by atoms with Crippen molar-refractivity contribution in [3.05, 3.63) is 77.0 Å². The largest absolute Gasteiger partial charge is 0.489 e. The third-order valence-corrected chi connectivity index (χ3v) is 6.26. The van der Waals surface area contributed by atoms with Crippen LogP contribution in [0.15, 0.2) is 54.7 Å². The van der Waals surface area contributed by atoms with E-state index >= 15 is 0 Å². The van der Waals surface area contributed by atoms with E-state index in [1.54, 1.807) is 41.3 Å². The highest BCUT2D eigenvalue weighted by atomic mass is 16.5. The SMILES string of the molecule is [2H]c1cc(COc2cccc3c2CN(C2CCC(=C)NC2=O)C3=O)ccc1C([2H])N1CCOCC1=O. The molecule has 176 valence electrons. The molecule has 0 spiro atoms. The quantitative estimate of drug-likeness (QED) is 0.711. The number of benzene rings is 2. The van der Waals surface area contributed by atoms with Gasteiger partial charge in [-0.05, 0) is 36.1 Å². The Bertz CT molecular complexity index is 1250. The van der Waals surface area contributed by atoms with E-state index in [0.29, 0.717) is 48.6 Å². The Balaban J connectivity index is 1.28. The van der Waals surface area contributed by atoms with Crippen molar-refractivity contribution in [2.75, 3.05) is 19.8 Å². The lowest BCUT2D eigenvalue weighted by Crippen LogP contribution is -2.49. The summed E-state index contributed by atoms with van der Waals surface area (Å²) in [5, 5.41) is 2.74. The number of carbonyl (C=O) groups is 3. The van der Waals surface area contributed by atoms with Crippen molar-refractivity contribution in [2.24, 2.45) is 0 Å². The number of allylic oxidation sites excluding steroid dienone is 1. The fourth-order valence-electron chi connectivity index (χ4n) is 4.41. The van der Waals surface area contributed by atoms with Gasteiger partial charge < -0.3 is 24.6 Å². The first kappa shape index (κ1) is 19.8. The van der Waals surface area contributed by atoms with Gasteiger partial charge in [0.05, 0.1) is 15.9 Å². The first-order chi connectivity index (χ1) is 17.3. The van der Waals surface area contributed by atoms with Gasteiger partial charge in [-0.3, -0.25) is 14.4 Å². The maximum Gasteiger partial charge on any atom is 0.255 e. The van der Waals surface area contributed by atoms with Crippen LogP contribution in [-0.4, -0.2) is 53.3 Å². The fraction of sp³-hybridized carbons (Fsp3) is 0.346. The number of carbonyl (C=O) groups excluding carboxylic acids is 3. The van der Waals surface area contributed by atoms with Crippen molar-refractivity contribution in [3.63, 3.8) is 0 Å². The summed E-state index contributed by atoms with van der Waals surface area (Å²) in [5.74, 6) is -0.119. The summed E-state index contributed by atoms with van der Waals surface area (Å²) >= 11 is 0. The van der Waals surface area contributed by atoms with Crippen LogP contribution in [0.3, 0.4) is 0 Å². The lowest BCUT2D eigenvalue weighted by molar-refractivity contribution is -0.143. The summed E-state index contributed by atoms with van der Waals surface area (Å²) in [6, 6.07) is 9.97. The van der Waals surface area contributed by atoms with E-state index in [9.17, 15) is 14.4 Å². The second-order valence-electron chi connectivity index (χ2n) is 8.57. The molecule has 0 aliphatic carbocycles. The van der Waals surface area contributed by atoms with E-state index in [2.05, 4.69) is 11.9 Å². The summed E-state index contributed by atoms with van der Waals surface area (Å²) in [6.45, 7) is 3.94. The van der Waals surface area contributed by atoms with E-state index in [-0.39, 0.29) is 43.5 Å². The average molecular weight is 464 g/mol. The number of piperidine rings is 1. The Morgan fingerprint density at radius 1 is 1.21 bits per heavy atom. The van der Waals surface area contributed by atoms with Crippen LogP contribution >= 0.6 is 0 Å². The number of hydrogen-bond acceptors (Lipinski definition) is 5. The first-order valence-electron chi connectivity index (χ1n) is 12.3. The van der Waals surface area contributed by atoms with E-state index in [4.69, 9.17) is 12.2 Å². The highest BCUT2D eigenvalue weighted by molar-refractivity contribution is 6.02. The maximum absolute atomic E-state index is 13.0. The van der Waals surface area contributed by atoms with E-state index in [1.165, 1.54) is 4.90 Å². The molecule has 3 heterocycles. The number of nitrogens with one attached hydrogen (secondary N) is 1. The van der Waals surface area contributed by atoms with E-state index in [1.807, 2.05) is 0 Å². The first-order valence-corrected chi connectivity index (χ1v) is 11.3. The molecule has 2 saturated heterocycles. The van der Waals surface area contributed by atoms with Gasteiger partial charge in [0.1, 0.15) is 25.0 Å². The van der Waals surface area contributed by atoms with Crippen molar-refractivity contribution in [2.45, 2.75) is 38.6 Å². The highest BCUT2D eigenvalue weighted by Gasteiger charge is 2.39. The molecular weight excluding hydrogens is 434 g/mol. The molecule has 3 amide bonds. The topological polar surface area (TPSA) is 88.2 Å². The minimum absolute atomic E-state index is 0.0450. The Morgan fingerprint density at radius 3 is 2.85 bits per heavy atom. The molecule has 34 heavy (non-hydrogen) atoms. The number of ether oxygens (including phenoxy) is 2. The molecule has 2 aromatic carbocycles. The number of hydrogen-bond donors (Lipinski definition) is 1. The minimum Gasteiger partial charge on any atom is -0.489 e. The molecule has 2 fully saturated rings. The monoisotopic (exact) mass is 463 g/mol. The maximum atomic E-state index is 13.0. The molecule has 5 rings (SSSR count). The van der Waals surface area contributed by atoms with Crippen molar-refractivity contribution in [3.8, 4) is 5.75 Å². The molecule has 2 aromatic rings. The third kappa shape index (κ3) is 4.41. The van der Waals surface area contributed by atoms with E-state index in [0.717, 1.165) is 11.1 Å². The molecule has 2 atom stereocenters. The van der Waals surface area contributed by atoms with Crippen LogP contribution in [0.4, 0.5) is 0 Å². The number of nitrogens with zero attached hydrogens (tertiary/aromatic N) is 2. The van der Waals surface area contributed by atoms with E-state index < -0.39 is 12.6 Å². The predicted molar refractivity (Wildman–Crippen MR) is 124 cm³/mol. The normalized spacial score (nSPS) is 22.2. The van der Waals surface area contributed by atoms with Crippen molar-refractivity contribution in [1.82, 2.24) is 15.1 Å². The predicted octanol–water partition coefficient (Wildman–Crippen LogP) is 2.37. The fourth-order valence-corrected chi connectivity index (χ4v) is 4.41. The van der Waals surface area contributed by atoms with Gasteiger partial charge >= 0.3 is 0 Å². The molecule has 8 nitrogen and oxygen atoms in total. The summed E-state index contributed by atoms with van der Waals surface area (Å²) in [5.41, 5.74) is 3.09. The average Bonchev–Trinajstić information content (AvgIpc) is 3.19. The second kappa shape index (κ2) is 9.30. The Kier molecular flexibility index (Phi) is 5.42.